The van der Waals surface area contributed by atoms with Crippen molar-refractivity contribution in [2.45, 2.75) is 18.7 Å². The van der Waals surface area contributed by atoms with E-state index in [1.165, 1.54) is 0 Å². The van der Waals surface area contributed by atoms with Crippen molar-refractivity contribution in [1.82, 2.24) is 0 Å². The zero-order valence-electron chi connectivity index (χ0n) is 7.70. The van der Waals surface area contributed by atoms with Gasteiger partial charge in [0.2, 0.25) is 10.0 Å². The SMILES string of the molecule is Cc1c(Cl)cc(S(N)(=O)=O)c(O)c1C. The van der Waals surface area contributed by atoms with Gasteiger partial charge >= 0.3 is 0 Å². The zero-order valence-corrected chi connectivity index (χ0v) is 9.28. The van der Waals surface area contributed by atoms with Crippen molar-refractivity contribution in [3.63, 3.8) is 0 Å². The van der Waals surface area contributed by atoms with Gasteiger partial charge in [0, 0.05) is 5.02 Å². The van der Waals surface area contributed by atoms with Crippen LogP contribution in [0.4, 0.5) is 0 Å². The van der Waals surface area contributed by atoms with E-state index in [1.807, 2.05) is 0 Å². The number of nitrogens with two attached hydrogens (primary N) is 1. The first-order valence-corrected chi connectivity index (χ1v) is 5.69. The summed E-state index contributed by atoms with van der Waals surface area (Å²) in [6, 6.07) is 1.15. The van der Waals surface area contributed by atoms with Crippen molar-refractivity contribution in [3.05, 3.63) is 22.2 Å². The van der Waals surface area contributed by atoms with E-state index in [-0.39, 0.29) is 15.7 Å². The maximum absolute atomic E-state index is 11.0. The normalized spacial score (nSPS) is 11.7. The predicted octanol–water partition coefficient (Wildman–Crippen LogP) is 1.31. The molecule has 0 saturated heterocycles. The second kappa shape index (κ2) is 3.42. The second-order valence-electron chi connectivity index (χ2n) is 3.00. The first-order valence-electron chi connectivity index (χ1n) is 3.76. The highest BCUT2D eigenvalue weighted by atomic mass is 35.5. The third kappa shape index (κ3) is 1.84. The number of phenolic OH excluding ortho intramolecular Hbond substituents is 1. The third-order valence-corrected chi connectivity index (χ3v) is 3.39. The van der Waals surface area contributed by atoms with Gasteiger partial charge in [-0.15, -0.1) is 0 Å². The Labute approximate surface area is 87.4 Å². The van der Waals surface area contributed by atoms with E-state index < -0.39 is 10.0 Å². The van der Waals surface area contributed by atoms with Crippen molar-refractivity contribution in [2.75, 3.05) is 0 Å². The molecule has 0 bridgehead atoms. The standard InChI is InChI=1S/C8H10ClNO3S/c1-4-5(2)8(11)7(3-6(4)9)14(10,12)13/h3,11H,1-2H3,(H2,10,12,13). The predicted molar refractivity (Wildman–Crippen MR) is 54.0 cm³/mol. The summed E-state index contributed by atoms with van der Waals surface area (Å²) in [6.07, 6.45) is 0. The molecule has 0 aliphatic rings. The maximum atomic E-state index is 11.0. The molecule has 0 unspecified atom stereocenters. The molecule has 0 amide bonds. The Kier molecular flexibility index (Phi) is 2.76. The van der Waals surface area contributed by atoms with Crippen LogP contribution in [0.2, 0.25) is 5.02 Å². The maximum Gasteiger partial charge on any atom is 0.241 e. The minimum absolute atomic E-state index is 0.268. The van der Waals surface area contributed by atoms with Crippen molar-refractivity contribution < 1.29 is 13.5 Å². The molecule has 4 nitrogen and oxygen atoms in total. The topological polar surface area (TPSA) is 80.4 Å². The van der Waals surface area contributed by atoms with Gasteiger partial charge in [-0.05, 0) is 31.0 Å². The second-order valence-corrected chi connectivity index (χ2v) is 4.94. The van der Waals surface area contributed by atoms with Crippen LogP contribution in [0.1, 0.15) is 11.1 Å². The largest absolute Gasteiger partial charge is 0.506 e. The molecule has 3 N–H and O–H groups in total. The fraction of sp³-hybridized carbons (Fsp3) is 0.250. The molecule has 0 aliphatic carbocycles. The van der Waals surface area contributed by atoms with E-state index in [2.05, 4.69) is 0 Å². The summed E-state index contributed by atoms with van der Waals surface area (Å²) in [5.41, 5.74) is 1.05. The number of rotatable bonds is 1. The highest BCUT2D eigenvalue weighted by Crippen LogP contribution is 2.32. The summed E-state index contributed by atoms with van der Waals surface area (Å²) in [5.74, 6) is -0.339. The first-order chi connectivity index (χ1) is 6.25. The van der Waals surface area contributed by atoms with Gasteiger partial charge in [0.05, 0.1) is 0 Å². The molecule has 6 heteroatoms. The van der Waals surface area contributed by atoms with Crippen molar-refractivity contribution in [2.24, 2.45) is 5.14 Å². The molecule has 0 aliphatic heterocycles. The molecule has 1 aromatic rings. The molecule has 1 rings (SSSR count). The lowest BCUT2D eigenvalue weighted by Crippen LogP contribution is -2.13. The minimum atomic E-state index is -3.93. The summed E-state index contributed by atoms with van der Waals surface area (Å²) in [4.78, 5) is -0.342. The Bertz CT molecular complexity index is 482. The van der Waals surface area contributed by atoms with Crippen LogP contribution in [-0.2, 0) is 10.0 Å². The average molecular weight is 236 g/mol. The lowest BCUT2D eigenvalue weighted by atomic mass is 10.1. The van der Waals surface area contributed by atoms with E-state index in [9.17, 15) is 13.5 Å². The Balaban J connectivity index is 3.66. The molecule has 0 fully saturated rings. The third-order valence-electron chi connectivity index (χ3n) is 2.07. The van der Waals surface area contributed by atoms with Crippen LogP contribution in [0.3, 0.4) is 0 Å². The van der Waals surface area contributed by atoms with Gasteiger partial charge in [0.1, 0.15) is 10.6 Å². The molecular formula is C8H10ClNO3S. The number of hydrogen-bond acceptors (Lipinski definition) is 3. The van der Waals surface area contributed by atoms with Crippen LogP contribution < -0.4 is 5.14 Å². The number of sulfonamides is 1. The molecule has 0 spiro atoms. The lowest BCUT2D eigenvalue weighted by molar-refractivity contribution is 0.454. The number of benzene rings is 1. The molecule has 0 radical (unpaired) electrons. The number of hydrogen-bond donors (Lipinski definition) is 2. The summed E-state index contributed by atoms with van der Waals surface area (Å²) in [6.45, 7) is 3.26. The fourth-order valence-electron chi connectivity index (χ4n) is 1.05. The van der Waals surface area contributed by atoms with Crippen LogP contribution in [-0.4, -0.2) is 13.5 Å². The molecule has 0 saturated carbocycles. The van der Waals surface area contributed by atoms with Crippen LogP contribution in [0.25, 0.3) is 0 Å². The quantitative estimate of drug-likeness (QED) is 0.770. The lowest BCUT2D eigenvalue weighted by Gasteiger charge is -2.09. The van der Waals surface area contributed by atoms with Crippen molar-refractivity contribution in [1.29, 1.82) is 0 Å². The number of aromatic hydroxyl groups is 1. The number of halogens is 1. The Morgan fingerprint density at radius 3 is 2.29 bits per heavy atom. The molecular weight excluding hydrogens is 226 g/mol. The Morgan fingerprint density at radius 1 is 1.36 bits per heavy atom. The van der Waals surface area contributed by atoms with Gasteiger partial charge in [-0.3, -0.25) is 0 Å². The van der Waals surface area contributed by atoms with Gasteiger partial charge < -0.3 is 5.11 Å². The number of primary sulfonamides is 1. The van der Waals surface area contributed by atoms with E-state index in [1.54, 1.807) is 13.8 Å². The van der Waals surface area contributed by atoms with Crippen molar-refractivity contribution >= 4 is 21.6 Å². The summed E-state index contributed by atoms with van der Waals surface area (Å²) in [5, 5.41) is 14.7. The first kappa shape index (κ1) is 11.3. The van der Waals surface area contributed by atoms with E-state index >= 15 is 0 Å². The van der Waals surface area contributed by atoms with Gasteiger partial charge in [-0.1, -0.05) is 11.6 Å². The smallest absolute Gasteiger partial charge is 0.241 e. The number of phenols is 1. The molecule has 1 aromatic carbocycles. The van der Waals surface area contributed by atoms with Crippen LogP contribution >= 0.6 is 11.6 Å². The molecule has 78 valence electrons. The van der Waals surface area contributed by atoms with Crippen LogP contribution in [0.15, 0.2) is 11.0 Å². The van der Waals surface area contributed by atoms with Gasteiger partial charge in [0.25, 0.3) is 0 Å². The van der Waals surface area contributed by atoms with E-state index in [4.69, 9.17) is 16.7 Å². The summed E-state index contributed by atoms with van der Waals surface area (Å²) in [7, 11) is -3.93. The van der Waals surface area contributed by atoms with E-state index in [0.29, 0.717) is 11.1 Å². The van der Waals surface area contributed by atoms with Gasteiger partial charge in [-0.2, -0.15) is 0 Å². The van der Waals surface area contributed by atoms with Gasteiger partial charge in [0.15, 0.2) is 0 Å². The average Bonchev–Trinajstić information content (AvgIpc) is 2.06. The monoisotopic (exact) mass is 235 g/mol. The Hall–Kier alpha value is -0.780. The molecule has 0 atom stereocenters. The van der Waals surface area contributed by atoms with Crippen LogP contribution in [0, 0.1) is 13.8 Å². The minimum Gasteiger partial charge on any atom is -0.506 e. The fourth-order valence-corrected chi connectivity index (χ4v) is 2.07. The van der Waals surface area contributed by atoms with E-state index in [0.717, 1.165) is 6.07 Å². The zero-order chi connectivity index (χ0) is 11.1. The van der Waals surface area contributed by atoms with Crippen molar-refractivity contribution in [3.8, 4) is 5.75 Å². The van der Waals surface area contributed by atoms with Crippen LogP contribution in [0.5, 0.6) is 5.75 Å². The van der Waals surface area contributed by atoms with Gasteiger partial charge in [-0.25, -0.2) is 13.6 Å². The highest BCUT2D eigenvalue weighted by molar-refractivity contribution is 7.89. The molecule has 0 heterocycles. The highest BCUT2D eigenvalue weighted by Gasteiger charge is 2.18. The molecule has 0 aromatic heterocycles. The molecule has 14 heavy (non-hydrogen) atoms. The summed E-state index contributed by atoms with van der Waals surface area (Å²) < 4.78 is 22.1. The summed E-state index contributed by atoms with van der Waals surface area (Å²) >= 11 is 5.77. The Morgan fingerprint density at radius 2 is 1.86 bits per heavy atom.